The molecule has 0 spiro atoms. The number of hydrogen-bond donors (Lipinski definition) is 11. The Balaban J connectivity index is 0.000000166. The molecule has 0 unspecified atom stereocenters. The fourth-order valence-electron chi connectivity index (χ4n) is 14.6. The summed E-state index contributed by atoms with van der Waals surface area (Å²) in [4.78, 5) is 62.5. The van der Waals surface area contributed by atoms with Gasteiger partial charge in [-0.15, -0.1) is 0 Å². The Bertz CT molecular complexity index is 6790. The number of carbonyl (C=O) groups is 5. The maximum absolute atomic E-state index is 14.2. The lowest BCUT2D eigenvalue weighted by Crippen LogP contribution is -2.01. The van der Waals surface area contributed by atoms with Crippen molar-refractivity contribution in [2.24, 2.45) is 0 Å². The summed E-state index contributed by atoms with van der Waals surface area (Å²) >= 11 is 17.9. The van der Waals surface area contributed by atoms with Gasteiger partial charge in [0.15, 0.2) is 40.6 Å². The molecule has 5 aromatic heterocycles. The Kier molecular flexibility index (Phi) is 37.0. The first-order chi connectivity index (χ1) is 66.8. The number of aliphatic hydroxyl groups excluding tert-OH is 6. The third-order valence-corrected chi connectivity index (χ3v) is 22.3. The van der Waals surface area contributed by atoms with E-state index in [0.717, 1.165) is 62.3 Å². The van der Waals surface area contributed by atoms with E-state index in [1.54, 1.807) is 173 Å². The molecule has 11 N–H and O–H groups in total. The molecule has 0 aliphatic heterocycles. The Labute approximate surface area is 811 Å². The second-order valence-electron chi connectivity index (χ2n) is 31.0. The van der Waals surface area contributed by atoms with Gasteiger partial charge < -0.3 is 54.3 Å². The molecule has 0 saturated carbocycles. The van der Waals surface area contributed by atoms with E-state index in [-0.39, 0.29) is 74.4 Å². The van der Waals surface area contributed by atoms with Crippen LogP contribution in [0.5, 0.6) is 28.7 Å². The molecule has 0 atom stereocenters. The topological polar surface area (TPSA) is 396 Å². The van der Waals surface area contributed by atoms with E-state index < -0.39 is 17.5 Å². The third-order valence-electron chi connectivity index (χ3n) is 21.3. The average Bonchev–Trinajstić information content (AvgIpc) is 1.43. The number of allylic oxidation sites excluding steroid dienone is 5. The SMILES string of the molecule is COc1c(C)cc(C(=O)/C=C/c2cc(-c3ccc(CO)cc3F)n[nH]2)cc1CO.COc1c(C)cc(C(=O)/C=C/c2cc(-c3ccc(Cl)c(Cl)c3)n[nH]2)cc1CO.COc1c(C)cc(C(=O)/C=C/c2cc(-c3ccc(Cl)cc3)n[nH]2)cc1CO.COc1c(C)cc(C(=O)/C=C/c2cc(-c3ccc(F)c(F)c3)n[nH]2)cc1CO.COc1c(C)cc(C(=O)/C=C/c2cc(-c3ccc(F)cc3)n[nH]2)cc1CO. The number of methoxy groups -OCH3 is 5. The van der Waals surface area contributed by atoms with Crippen molar-refractivity contribution < 1.29 is 95.9 Å². The Morgan fingerprint density at radius 1 is 0.295 bits per heavy atom. The number of benzene rings is 10. The van der Waals surface area contributed by atoms with Gasteiger partial charge in [-0.3, -0.25) is 49.5 Å². The number of halogens is 7. The highest BCUT2D eigenvalue weighted by Crippen LogP contribution is 2.35. The first kappa shape index (κ1) is 104. The van der Waals surface area contributed by atoms with Crippen LogP contribution in [-0.4, -0.2) is 146 Å². The number of H-pyrrole nitrogens is 5. The smallest absolute Gasteiger partial charge is 0.185 e. The minimum atomic E-state index is -0.956. The number of aryl methyl sites for hydroxylation is 5. The first-order valence-corrected chi connectivity index (χ1v) is 43.6. The van der Waals surface area contributed by atoms with Gasteiger partial charge in [-0.05, 0) is 299 Å². The van der Waals surface area contributed by atoms with Gasteiger partial charge in [0.05, 0.1) is 142 Å². The number of hydrogen-bond acceptors (Lipinski definition) is 21. The van der Waals surface area contributed by atoms with Gasteiger partial charge in [-0.1, -0.05) is 59.1 Å². The van der Waals surface area contributed by atoms with Crippen LogP contribution in [0.15, 0.2) is 225 Å². The number of ketones is 5. The number of nitrogens with one attached hydrogen (secondary N) is 5. The quantitative estimate of drug-likeness (QED) is 0.0109. The monoisotopic (exact) mass is 1940 g/mol. The molecule has 0 radical (unpaired) electrons. The van der Waals surface area contributed by atoms with Crippen LogP contribution in [0.25, 0.3) is 86.7 Å². The summed E-state index contributed by atoms with van der Waals surface area (Å²) in [6, 6.07) is 51.9. The fraction of sp³-hybridized carbons (Fsp3) is 0.151. The average molecular weight is 1950 g/mol. The maximum Gasteiger partial charge on any atom is 0.185 e. The number of rotatable bonds is 31. The molecule has 0 aliphatic rings. The van der Waals surface area contributed by atoms with Gasteiger partial charge in [-0.25, -0.2) is 17.6 Å². The van der Waals surface area contributed by atoms with Crippen molar-refractivity contribution in [3.05, 3.63) is 380 Å². The van der Waals surface area contributed by atoms with Crippen molar-refractivity contribution in [3.8, 4) is 85.0 Å². The van der Waals surface area contributed by atoms with E-state index in [1.165, 1.54) is 89.2 Å². The number of aliphatic hydroxyl groups is 6. The minimum Gasteiger partial charge on any atom is -0.496 e. The lowest BCUT2D eigenvalue weighted by Gasteiger charge is -2.11. The molecule has 0 amide bonds. The molecule has 0 bridgehead atoms. The zero-order valence-electron chi connectivity index (χ0n) is 76.6. The van der Waals surface area contributed by atoms with E-state index in [0.29, 0.717) is 167 Å². The normalized spacial score (nSPS) is 11.2. The van der Waals surface area contributed by atoms with Gasteiger partial charge in [0.2, 0.25) is 0 Å². The van der Waals surface area contributed by atoms with Crippen LogP contribution in [0.4, 0.5) is 17.6 Å². The zero-order valence-corrected chi connectivity index (χ0v) is 78.9. The second kappa shape index (κ2) is 49.4. The van der Waals surface area contributed by atoms with Crippen LogP contribution >= 0.6 is 34.8 Å². The van der Waals surface area contributed by atoms with Gasteiger partial charge in [0.25, 0.3) is 0 Å². The number of ether oxygens (including phenoxy) is 5. The third kappa shape index (κ3) is 27.3. The van der Waals surface area contributed by atoms with Crippen molar-refractivity contribution in [3.63, 3.8) is 0 Å². The van der Waals surface area contributed by atoms with E-state index in [2.05, 4.69) is 51.0 Å². The fourth-order valence-corrected chi connectivity index (χ4v) is 15.0. The zero-order chi connectivity index (χ0) is 100. The molecule has 10 aromatic carbocycles. The van der Waals surface area contributed by atoms with E-state index in [9.17, 15) is 67.1 Å². The highest BCUT2D eigenvalue weighted by atomic mass is 35.5. The first-order valence-electron chi connectivity index (χ1n) is 42.5. The van der Waals surface area contributed by atoms with E-state index in [1.807, 2.05) is 51.1 Å². The van der Waals surface area contributed by atoms with Crippen LogP contribution in [0.2, 0.25) is 15.1 Å². The minimum absolute atomic E-state index is 0.168. The Hall–Kier alpha value is -15.4. The molecule has 139 heavy (non-hydrogen) atoms. The predicted molar refractivity (Wildman–Crippen MR) is 526 cm³/mol. The predicted octanol–water partition coefficient (Wildman–Crippen LogP) is 20.9. The summed E-state index contributed by atoms with van der Waals surface area (Å²) in [5.41, 5.74) is 18.6. The summed E-state index contributed by atoms with van der Waals surface area (Å²) in [6.07, 6.45) is 15.1. The highest BCUT2D eigenvalue weighted by Gasteiger charge is 2.21. The number of carbonyl (C=O) groups excluding carboxylic acids is 5. The van der Waals surface area contributed by atoms with Crippen molar-refractivity contribution >= 4 is 94.1 Å². The maximum atomic E-state index is 14.2. The van der Waals surface area contributed by atoms with Crippen LogP contribution < -0.4 is 23.7 Å². The Morgan fingerprint density at radius 2 is 0.576 bits per heavy atom. The summed E-state index contributed by atoms with van der Waals surface area (Å²) in [5.74, 6) is -0.880. The van der Waals surface area contributed by atoms with Gasteiger partial charge >= 0.3 is 0 Å². The molecule has 0 aliphatic carbocycles. The number of aromatic nitrogens is 10. The number of nitrogens with zero attached hydrogens (tertiary/aromatic N) is 5. The van der Waals surface area contributed by atoms with Crippen molar-refractivity contribution in [1.29, 1.82) is 0 Å². The highest BCUT2D eigenvalue weighted by molar-refractivity contribution is 6.42. The van der Waals surface area contributed by atoms with E-state index in [4.69, 9.17) is 63.6 Å². The molecule has 0 fully saturated rings. The molecule has 33 heteroatoms. The van der Waals surface area contributed by atoms with Crippen LogP contribution in [0.3, 0.4) is 0 Å². The van der Waals surface area contributed by atoms with Crippen LogP contribution in [-0.2, 0) is 39.6 Å². The summed E-state index contributed by atoms with van der Waals surface area (Å²) in [7, 11) is 7.62. The standard InChI is InChI=1S/C22H21FN2O4.C21H18Cl2N2O3.C21H19ClN2O3.C21H18F2N2O3.C21H19FN2O3/c1-13-7-15(9-16(12-27)22(13)29-2)21(28)6-4-17-10-20(25-24-17)18-5-3-14(11-26)8-19(18)23;1-12-7-14(8-15(11-26)21(12)28-2)20(27)6-4-16-10-19(25-24-16)13-3-5-17(22)18(23)9-13;1-13-9-15(10-16(12-25)21(13)27-2)20(26)8-7-18-11-19(24-23-18)14-3-5-17(22)6-4-14;1-12-7-14(8-15(11-26)21(12)28-2)20(27)6-4-16-10-19(25-24-16)13-3-5-17(22)18(23)9-13;1-13-9-15(10-16(12-25)21(13)27-2)20(26)8-7-18-11-19(24-23-18)14-3-5-17(22)6-4-14/h3-10,26-27H,11-12H2,1-2H3,(H,24,25);3-10,26H,11H2,1-2H3,(H,24,25);3-11,25H,12H2,1-2H3,(H,23,24);3-10,26H,11H2,1-2H3,(H,24,25);3-11,25H,12H2,1-2H3,(H,23,24)/b2*6-4+;8-7+;6-4+;8-7+. The van der Waals surface area contributed by atoms with E-state index >= 15 is 0 Å². The molecule has 26 nitrogen and oxygen atoms in total. The molecule has 0 saturated heterocycles. The molecule has 15 aromatic rings. The molecule has 5 heterocycles. The largest absolute Gasteiger partial charge is 0.496 e. The molecule has 15 rings (SSSR count). The van der Waals surface area contributed by atoms with Gasteiger partial charge in [0.1, 0.15) is 40.4 Å². The van der Waals surface area contributed by atoms with Crippen molar-refractivity contribution in [2.45, 2.75) is 74.3 Å². The molecule has 714 valence electrons. The Morgan fingerprint density at radius 3 is 0.863 bits per heavy atom. The van der Waals surface area contributed by atoms with Crippen molar-refractivity contribution in [2.75, 3.05) is 35.5 Å². The molecular formula is C106H95Cl3F4N10O16. The second-order valence-corrected chi connectivity index (χ2v) is 32.2. The van der Waals surface area contributed by atoms with Gasteiger partial charge in [-0.2, -0.15) is 25.5 Å². The number of aromatic amines is 5. The van der Waals surface area contributed by atoms with Crippen LogP contribution in [0.1, 0.15) is 141 Å². The summed E-state index contributed by atoms with van der Waals surface area (Å²) in [6.45, 7) is 7.75. The lowest BCUT2D eigenvalue weighted by molar-refractivity contribution is 0.103. The van der Waals surface area contributed by atoms with Crippen molar-refractivity contribution in [1.82, 2.24) is 51.0 Å². The lowest BCUT2D eigenvalue weighted by atomic mass is 10.0. The summed E-state index contributed by atoms with van der Waals surface area (Å²) < 4.78 is 79.9. The summed E-state index contributed by atoms with van der Waals surface area (Å²) in [5, 5.41) is 92.9. The molecular weight excluding hydrogens is 1850 g/mol. The van der Waals surface area contributed by atoms with Gasteiger partial charge in [0, 0.05) is 88.5 Å². The van der Waals surface area contributed by atoms with Crippen LogP contribution in [0, 0.1) is 57.9 Å².